The van der Waals surface area contributed by atoms with Gasteiger partial charge in [0.25, 0.3) is 15.9 Å². The Morgan fingerprint density at radius 3 is 2.38 bits per heavy atom. The second-order valence-electron chi connectivity index (χ2n) is 6.33. The lowest BCUT2D eigenvalue weighted by molar-refractivity contribution is 0.102. The van der Waals surface area contributed by atoms with Crippen molar-refractivity contribution in [2.45, 2.75) is 18.2 Å². The minimum absolute atomic E-state index is 0.165. The Morgan fingerprint density at radius 2 is 1.62 bits per heavy atom. The number of hydrogen-bond donors (Lipinski definition) is 2. The first-order valence-electron chi connectivity index (χ1n) is 9.20. The molecule has 0 saturated carbocycles. The molecule has 7 heteroatoms. The average Bonchev–Trinajstić information content (AvgIpc) is 2.73. The molecule has 1 amide bonds. The van der Waals surface area contributed by atoms with Gasteiger partial charge >= 0.3 is 0 Å². The summed E-state index contributed by atoms with van der Waals surface area (Å²) in [6.45, 7) is 2.59. The van der Waals surface area contributed by atoms with Crippen LogP contribution in [-0.4, -0.2) is 20.9 Å². The van der Waals surface area contributed by atoms with Crippen LogP contribution in [0, 0.1) is 0 Å². The Morgan fingerprint density at radius 1 is 0.897 bits per heavy atom. The fourth-order valence-corrected chi connectivity index (χ4v) is 3.70. The number of nitrogens with one attached hydrogen (secondary N) is 2. The van der Waals surface area contributed by atoms with Crippen LogP contribution in [-0.2, 0) is 10.0 Å². The van der Waals surface area contributed by atoms with Gasteiger partial charge in [-0.2, -0.15) is 0 Å². The first-order chi connectivity index (χ1) is 14.0. The number of anilines is 2. The molecular formula is C22H22N2O4S. The van der Waals surface area contributed by atoms with Crippen molar-refractivity contribution in [1.82, 2.24) is 0 Å². The van der Waals surface area contributed by atoms with Crippen LogP contribution >= 0.6 is 0 Å². The number of sulfonamides is 1. The third-order valence-corrected chi connectivity index (χ3v) is 5.39. The Kier molecular flexibility index (Phi) is 6.51. The van der Waals surface area contributed by atoms with E-state index in [0.29, 0.717) is 29.3 Å². The van der Waals surface area contributed by atoms with Gasteiger partial charge in [-0.05, 0) is 55.0 Å². The Labute approximate surface area is 170 Å². The summed E-state index contributed by atoms with van der Waals surface area (Å²) in [5, 5.41) is 2.78. The van der Waals surface area contributed by atoms with Gasteiger partial charge in [-0.25, -0.2) is 8.42 Å². The smallest absolute Gasteiger partial charge is 0.261 e. The highest BCUT2D eigenvalue weighted by Crippen LogP contribution is 2.21. The van der Waals surface area contributed by atoms with Gasteiger partial charge in [0.15, 0.2) is 0 Å². The molecule has 0 saturated heterocycles. The van der Waals surface area contributed by atoms with Gasteiger partial charge in [0.05, 0.1) is 17.2 Å². The molecule has 0 unspecified atom stereocenters. The van der Waals surface area contributed by atoms with E-state index >= 15 is 0 Å². The molecule has 0 radical (unpaired) electrons. The van der Waals surface area contributed by atoms with E-state index in [1.54, 1.807) is 66.7 Å². The van der Waals surface area contributed by atoms with E-state index in [1.807, 2.05) is 6.92 Å². The molecule has 6 nitrogen and oxygen atoms in total. The van der Waals surface area contributed by atoms with E-state index in [2.05, 4.69) is 10.0 Å². The van der Waals surface area contributed by atoms with E-state index in [-0.39, 0.29) is 10.8 Å². The fourth-order valence-electron chi connectivity index (χ4n) is 2.62. The average molecular weight is 410 g/mol. The summed E-state index contributed by atoms with van der Waals surface area (Å²) >= 11 is 0. The number of rotatable bonds is 8. The summed E-state index contributed by atoms with van der Waals surface area (Å²) in [6, 6.07) is 21.5. The molecule has 0 aliphatic rings. The first-order valence-corrected chi connectivity index (χ1v) is 10.7. The van der Waals surface area contributed by atoms with Gasteiger partial charge in [-0.3, -0.25) is 9.52 Å². The van der Waals surface area contributed by atoms with Crippen LogP contribution in [0.15, 0.2) is 83.8 Å². The van der Waals surface area contributed by atoms with E-state index < -0.39 is 10.0 Å². The van der Waals surface area contributed by atoms with E-state index in [0.717, 1.165) is 6.42 Å². The third-order valence-electron chi connectivity index (χ3n) is 4.00. The summed E-state index contributed by atoms with van der Waals surface area (Å²) in [7, 11) is -3.70. The highest BCUT2D eigenvalue weighted by molar-refractivity contribution is 7.92. The van der Waals surface area contributed by atoms with Crippen LogP contribution in [0.3, 0.4) is 0 Å². The lowest BCUT2D eigenvalue weighted by Crippen LogP contribution is -2.14. The van der Waals surface area contributed by atoms with Crippen molar-refractivity contribution < 1.29 is 17.9 Å². The molecule has 2 N–H and O–H groups in total. The van der Waals surface area contributed by atoms with E-state index in [9.17, 15) is 13.2 Å². The van der Waals surface area contributed by atoms with Crippen molar-refractivity contribution in [1.29, 1.82) is 0 Å². The van der Waals surface area contributed by atoms with Gasteiger partial charge in [0, 0.05) is 11.3 Å². The van der Waals surface area contributed by atoms with Crippen molar-refractivity contribution in [3.63, 3.8) is 0 Å². The Bertz CT molecular complexity index is 1080. The molecule has 0 aliphatic heterocycles. The normalized spacial score (nSPS) is 10.9. The van der Waals surface area contributed by atoms with Crippen LogP contribution in [0.4, 0.5) is 11.4 Å². The zero-order valence-corrected chi connectivity index (χ0v) is 16.8. The standard InChI is InChI=1S/C22H22N2O4S/c1-2-14-28-20-11-6-8-17(15-20)22(25)23-18-9-7-10-19(16-18)24-29(26,27)21-12-4-3-5-13-21/h3-13,15-16,24H,2,14H2,1H3,(H,23,25). The SMILES string of the molecule is CCCOc1cccc(C(=O)Nc2cccc(NS(=O)(=O)c3ccccc3)c2)c1. The molecular weight excluding hydrogens is 388 g/mol. The molecule has 3 aromatic carbocycles. The maximum Gasteiger partial charge on any atom is 0.261 e. The molecule has 0 spiro atoms. The van der Waals surface area contributed by atoms with Crippen LogP contribution in [0.1, 0.15) is 23.7 Å². The fraction of sp³-hybridized carbons (Fsp3) is 0.136. The molecule has 0 bridgehead atoms. The third kappa shape index (κ3) is 5.58. The van der Waals surface area contributed by atoms with Crippen LogP contribution in [0.25, 0.3) is 0 Å². The van der Waals surface area contributed by atoms with Gasteiger partial charge in [-0.15, -0.1) is 0 Å². The maximum absolute atomic E-state index is 12.6. The second kappa shape index (κ2) is 9.25. The Hall–Kier alpha value is -3.32. The first kappa shape index (κ1) is 20.4. The number of carbonyl (C=O) groups is 1. The molecule has 3 aromatic rings. The number of amides is 1. The van der Waals surface area contributed by atoms with E-state index in [4.69, 9.17) is 4.74 Å². The molecule has 29 heavy (non-hydrogen) atoms. The molecule has 0 heterocycles. The predicted octanol–water partition coefficient (Wildman–Crippen LogP) is 4.53. The topological polar surface area (TPSA) is 84.5 Å². The van der Waals surface area contributed by atoms with Gasteiger partial charge in [-0.1, -0.05) is 37.3 Å². The van der Waals surface area contributed by atoms with E-state index in [1.165, 1.54) is 12.1 Å². The number of hydrogen-bond acceptors (Lipinski definition) is 4. The molecule has 0 fully saturated rings. The summed E-state index contributed by atoms with van der Waals surface area (Å²) in [5.74, 6) is 0.318. The predicted molar refractivity (Wildman–Crippen MR) is 114 cm³/mol. The summed E-state index contributed by atoms with van der Waals surface area (Å²) in [6.07, 6.45) is 0.877. The van der Waals surface area contributed by atoms with Crippen LogP contribution < -0.4 is 14.8 Å². The monoisotopic (exact) mass is 410 g/mol. The van der Waals surface area contributed by atoms with Crippen LogP contribution in [0.5, 0.6) is 5.75 Å². The second-order valence-corrected chi connectivity index (χ2v) is 8.01. The quantitative estimate of drug-likeness (QED) is 0.571. The lowest BCUT2D eigenvalue weighted by atomic mass is 10.2. The zero-order chi connectivity index (χ0) is 20.7. The molecule has 150 valence electrons. The number of carbonyl (C=O) groups excluding carboxylic acids is 1. The van der Waals surface area contributed by atoms with Crippen molar-refractivity contribution in [3.8, 4) is 5.75 Å². The minimum atomic E-state index is -3.70. The maximum atomic E-state index is 12.6. The summed E-state index contributed by atoms with van der Waals surface area (Å²) in [4.78, 5) is 12.7. The largest absolute Gasteiger partial charge is 0.494 e. The van der Waals surface area contributed by atoms with Crippen molar-refractivity contribution in [2.24, 2.45) is 0 Å². The Balaban J connectivity index is 1.72. The van der Waals surface area contributed by atoms with Gasteiger partial charge < -0.3 is 10.1 Å². The molecule has 0 atom stereocenters. The minimum Gasteiger partial charge on any atom is -0.494 e. The highest BCUT2D eigenvalue weighted by Gasteiger charge is 2.14. The lowest BCUT2D eigenvalue weighted by Gasteiger charge is -2.11. The zero-order valence-electron chi connectivity index (χ0n) is 16.0. The molecule has 0 aromatic heterocycles. The number of ether oxygens (including phenoxy) is 1. The van der Waals surface area contributed by atoms with Crippen molar-refractivity contribution in [2.75, 3.05) is 16.6 Å². The van der Waals surface area contributed by atoms with Crippen molar-refractivity contribution >= 4 is 27.3 Å². The summed E-state index contributed by atoms with van der Waals surface area (Å²) < 4.78 is 33.0. The molecule has 3 rings (SSSR count). The summed E-state index contributed by atoms with van der Waals surface area (Å²) in [5.41, 5.74) is 1.28. The van der Waals surface area contributed by atoms with Crippen LogP contribution in [0.2, 0.25) is 0 Å². The van der Waals surface area contributed by atoms with Crippen molar-refractivity contribution in [3.05, 3.63) is 84.4 Å². The van der Waals surface area contributed by atoms with Gasteiger partial charge in [0.2, 0.25) is 0 Å². The van der Waals surface area contributed by atoms with Gasteiger partial charge in [0.1, 0.15) is 5.75 Å². The number of benzene rings is 3. The highest BCUT2D eigenvalue weighted by atomic mass is 32.2. The molecule has 0 aliphatic carbocycles.